The summed E-state index contributed by atoms with van der Waals surface area (Å²) in [5.74, 6) is 0.629. The fourth-order valence-corrected chi connectivity index (χ4v) is 24.1. The molecule has 1 amide bonds. The second-order valence-corrected chi connectivity index (χ2v) is 25.0. The number of carbonyl (C=O) groups excluding carboxylic acids is 1. The number of rotatable bonds is 14. The molecule has 2 aliphatic rings. The molecule has 4 atom stereocenters. The van der Waals surface area contributed by atoms with Crippen LogP contribution in [0.3, 0.4) is 0 Å². The molecule has 4 rings (SSSR count). The minimum atomic E-state index is -2.44. The fraction of sp³-hybridized carbons (Fsp3) is 0.581. The molecule has 0 aliphatic carbocycles. The van der Waals surface area contributed by atoms with Gasteiger partial charge >= 0.3 is 218 Å². The Morgan fingerprint density at radius 2 is 1.31 bits per heavy atom. The molecule has 2 aliphatic heterocycles. The first-order valence-electron chi connectivity index (χ1n) is 14.2. The number of β-lactam (4-membered cyclic amide) rings is 1. The first-order valence-corrected chi connectivity index (χ1v) is 22.2. The molecule has 3 nitrogen and oxygen atoms in total. The predicted molar refractivity (Wildman–Crippen MR) is 148 cm³/mol. The molecule has 0 N–H and O–H groups in total. The van der Waals surface area contributed by atoms with Crippen LogP contribution in [0.1, 0.15) is 76.5 Å². The van der Waals surface area contributed by atoms with Crippen LogP contribution in [-0.4, -0.2) is 41.3 Å². The average molecular weight is 582 g/mol. The van der Waals surface area contributed by atoms with Gasteiger partial charge in [0.25, 0.3) is 0 Å². The molecule has 2 fully saturated rings. The van der Waals surface area contributed by atoms with Crippen molar-refractivity contribution < 1.29 is 9.53 Å². The van der Waals surface area contributed by atoms with Crippen molar-refractivity contribution >= 4 is 24.3 Å². The first-order chi connectivity index (χ1) is 17.1. The predicted octanol–water partition coefficient (Wildman–Crippen LogP) is 8.00. The molecule has 2 saturated heterocycles. The third-order valence-electron chi connectivity index (χ3n) is 8.49. The second kappa shape index (κ2) is 12.8. The summed E-state index contributed by atoms with van der Waals surface area (Å²) in [6, 6.07) is 21.5. The number of likely N-dealkylation sites (tertiary alicyclic amines) is 1. The number of amides is 1. The molecule has 0 radical (unpaired) electrons. The number of unbranched alkanes of at least 4 members (excludes halogenated alkanes) is 3. The number of carbonyl (C=O) groups is 1. The molecular formula is C31H45NO2Sn. The Hall–Kier alpha value is -1.33. The van der Waals surface area contributed by atoms with Crippen LogP contribution in [0.15, 0.2) is 60.7 Å². The molecule has 0 spiro atoms. The Bertz CT molecular complexity index is 896. The van der Waals surface area contributed by atoms with Gasteiger partial charge in [-0.3, -0.25) is 0 Å². The Morgan fingerprint density at radius 3 is 1.86 bits per heavy atom. The Balaban J connectivity index is 1.65. The van der Waals surface area contributed by atoms with Crippen LogP contribution < -0.4 is 0 Å². The summed E-state index contributed by atoms with van der Waals surface area (Å²) in [7, 11) is 0. The van der Waals surface area contributed by atoms with Crippen molar-refractivity contribution in [3.05, 3.63) is 71.8 Å². The van der Waals surface area contributed by atoms with Gasteiger partial charge in [0.15, 0.2) is 0 Å². The van der Waals surface area contributed by atoms with E-state index in [0.29, 0.717) is 12.5 Å². The number of benzene rings is 2. The van der Waals surface area contributed by atoms with Gasteiger partial charge in [-0.2, -0.15) is 0 Å². The van der Waals surface area contributed by atoms with Gasteiger partial charge in [0, 0.05) is 0 Å². The van der Waals surface area contributed by atoms with E-state index in [9.17, 15) is 4.79 Å². The zero-order valence-electron chi connectivity index (χ0n) is 22.1. The second-order valence-electron chi connectivity index (χ2n) is 11.0. The molecule has 0 bridgehead atoms. The van der Waals surface area contributed by atoms with Crippen LogP contribution in [0.4, 0.5) is 0 Å². The summed E-state index contributed by atoms with van der Waals surface area (Å²) in [4.78, 5) is 15.4. The van der Waals surface area contributed by atoms with Crippen molar-refractivity contribution in [1.82, 2.24) is 4.90 Å². The van der Waals surface area contributed by atoms with Crippen LogP contribution in [-0.2, 0) is 16.1 Å². The summed E-state index contributed by atoms with van der Waals surface area (Å²) in [6.07, 6.45) is 7.84. The molecular weight excluding hydrogens is 537 g/mol. The quantitative estimate of drug-likeness (QED) is 0.167. The zero-order valence-corrected chi connectivity index (χ0v) is 25.0. The van der Waals surface area contributed by atoms with Gasteiger partial charge < -0.3 is 0 Å². The molecule has 0 saturated carbocycles. The van der Waals surface area contributed by atoms with E-state index in [0.717, 1.165) is 0 Å². The van der Waals surface area contributed by atoms with Crippen LogP contribution in [0.5, 0.6) is 0 Å². The minimum absolute atomic E-state index is 0.0527. The van der Waals surface area contributed by atoms with Gasteiger partial charge in [-0.25, -0.2) is 0 Å². The van der Waals surface area contributed by atoms with Gasteiger partial charge in [0.1, 0.15) is 0 Å². The molecule has 0 aromatic heterocycles. The van der Waals surface area contributed by atoms with Gasteiger partial charge in [0.05, 0.1) is 0 Å². The summed E-state index contributed by atoms with van der Waals surface area (Å²) < 4.78 is 12.5. The van der Waals surface area contributed by atoms with E-state index in [-0.39, 0.29) is 24.2 Å². The summed E-state index contributed by atoms with van der Waals surface area (Å²) >= 11 is -2.44. The zero-order chi connectivity index (χ0) is 24.7. The third-order valence-corrected chi connectivity index (χ3v) is 24.4. The number of nitrogens with zero attached hydrogens (tertiary/aromatic N) is 1. The monoisotopic (exact) mass is 583 g/mol. The molecule has 35 heavy (non-hydrogen) atoms. The standard InChI is InChI=1S/C19H18NO2.3C4H9.Sn/c1-13-16-18(22-17(13)15-10-6-3-7-11-15)19(21)20(16)12-14-8-4-2-5-9-14;3*1-3-4-2;/h2-11,13,16-18H,1,12H2;3*1,3-4H2,2H3;/t13-,16-,17+,18+;;;;/m0..../s1. The molecule has 2 aromatic carbocycles. The molecule has 2 aromatic rings. The topological polar surface area (TPSA) is 29.5 Å². The summed E-state index contributed by atoms with van der Waals surface area (Å²) in [6.45, 7) is 7.77. The van der Waals surface area contributed by atoms with Gasteiger partial charge in [-0.05, 0) is 0 Å². The van der Waals surface area contributed by atoms with Crippen LogP contribution in [0.2, 0.25) is 17.7 Å². The number of hydrogen-bond acceptors (Lipinski definition) is 2. The number of hydrogen-bond donors (Lipinski definition) is 0. The molecule has 0 unspecified atom stereocenters. The van der Waals surface area contributed by atoms with E-state index in [1.807, 2.05) is 0 Å². The van der Waals surface area contributed by atoms with Crippen molar-refractivity contribution in [1.29, 1.82) is 0 Å². The summed E-state index contributed by atoms with van der Waals surface area (Å²) in [5.41, 5.74) is 2.49. The Labute approximate surface area is 217 Å². The van der Waals surface area contributed by atoms with E-state index < -0.39 is 18.4 Å². The first kappa shape index (κ1) is 26.7. The van der Waals surface area contributed by atoms with Crippen molar-refractivity contribution in [2.75, 3.05) is 0 Å². The maximum absolute atomic E-state index is 13.3. The van der Waals surface area contributed by atoms with Crippen molar-refractivity contribution in [3.8, 4) is 0 Å². The van der Waals surface area contributed by atoms with E-state index in [2.05, 4.69) is 86.3 Å². The van der Waals surface area contributed by atoms with Gasteiger partial charge in [-0.15, -0.1) is 0 Å². The molecule has 2 heterocycles. The Morgan fingerprint density at radius 1 is 0.771 bits per heavy atom. The average Bonchev–Trinajstić information content (AvgIpc) is 3.23. The van der Waals surface area contributed by atoms with Crippen molar-refractivity contribution in [2.45, 2.75) is 102 Å². The van der Waals surface area contributed by atoms with Crippen LogP contribution in [0, 0.1) is 5.92 Å². The van der Waals surface area contributed by atoms with Gasteiger partial charge in [-0.1, -0.05) is 0 Å². The maximum atomic E-state index is 13.3. The van der Waals surface area contributed by atoms with Crippen molar-refractivity contribution in [3.63, 3.8) is 0 Å². The van der Waals surface area contributed by atoms with Gasteiger partial charge in [0.2, 0.25) is 0 Å². The summed E-state index contributed by atoms with van der Waals surface area (Å²) in [5, 5.41) is 0. The number of ether oxygens (including phenoxy) is 1. The van der Waals surface area contributed by atoms with E-state index in [1.54, 1.807) is 0 Å². The van der Waals surface area contributed by atoms with Crippen molar-refractivity contribution in [2.24, 2.45) is 5.92 Å². The molecule has 4 heteroatoms. The SMILES string of the molecule is CCC[CH2][Sn]([CH2]CCC)([CH2]CCC)[CH2][C@H]1[C@H]2[C@@H](O[C@H]1c1ccccc1)C(=O)N2Cc1ccccc1. The van der Waals surface area contributed by atoms with E-state index in [4.69, 9.17) is 4.74 Å². The molecule has 190 valence electrons. The fourth-order valence-electron chi connectivity index (χ4n) is 6.57. The van der Waals surface area contributed by atoms with Crippen LogP contribution in [0.25, 0.3) is 0 Å². The third kappa shape index (κ3) is 6.15. The Kier molecular flexibility index (Phi) is 9.74. The van der Waals surface area contributed by atoms with E-state index >= 15 is 0 Å². The van der Waals surface area contributed by atoms with E-state index in [1.165, 1.54) is 67.4 Å². The number of fused-ring (bicyclic) bond motifs is 1. The normalized spacial score (nSPS) is 23.9. The van der Waals surface area contributed by atoms with Crippen LogP contribution >= 0.6 is 0 Å².